The Morgan fingerprint density at radius 3 is 2.62 bits per heavy atom. The lowest BCUT2D eigenvalue weighted by atomic mass is 10.1. The van der Waals surface area contributed by atoms with E-state index in [4.69, 9.17) is 21.1 Å². The van der Waals surface area contributed by atoms with Crippen molar-refractivity contribution in [1.82, 2.24) is 0 Å². The number of esters is 1. The van der Waals surface area contributed by atoms with Crippen LogP contribution in [0.1, 0.15) is 22.3 Å². The molecule has 0 aromatic heterocycles. The molecule has 0 unspecified atom stereocenters. The number of aliphatic imine (C=N–C) groups is 1. The zero-order valence-corrected chi connectivity index (χ0v) is 16.5. The minimum atomic E-state index is -0.462. The minimum absolute atomic E-state index is 0.262. The van der Waals surface area contributed by atoms with Gasteiger partial charge in [0.2, 0.25) is 5.90 Å². The molecule has 0 aliphatic carbocycles. The number of nitrogens with zero attached hydrogens (tertiary/aromatic N) is 1. The summed E-state index contributed by atoms with van der Waals surface area (Å²) in [4.78, 5) is 16.6. The number of benzene rings is 3. The monoisotopic (exact) mass is 403 g/mol. The normalized spacial score (nSPS) is 14.6. The Labute approximate surface area is 174 Å². The fraction of sp³-hybridized carbons (Fsp3) is 0.0833. The average Bonchev–Trinajstić information content (AvgIpc) is 3.08. The Kier molecular flexibility index (Phi) is 5.45. The van der Waals surface area contributed by atoms with Crippen molar-refractivity contribution >= 4 is 29.5 Å². The molecule has 144 valence electrons. The van der Waals surface area contributed by atoms with Gasteiger partial charge in [-0.2, -0.15) is 0 Å². The number of aryl methyl sites for hydroxylation is 1. The summed E-state index contributed by atoms with van der Waals surface area (Å²) in [5.41, 5.74) is 3.89. The molecule has 5 heteroatoms. The quantitative estimate of drug-likeness (QED) is 0.413. The molecule has 4 nitrogen and oxygen atoms in total. The van der Waals surface area contributed by atoms with E-state index in [9.17, 15) is 4.79 Å². The van der Waals surface area contributed by atoms with Crippen LogP contribution >= 0.6 is 11.6 Å². The van der Waals surface area contributed by atoms with Crippen LogP contribution in [0.15, 0.2) is 83.5 Å². The van der Waals surface area contributed by atoms with Crippen LogP contribution in [0, 0.1) is 6.92 Å². The Morgan fingerprint density at radius 2 is 1.83 bits per heavy atom. The summed E-state index contributed by atoms with van der Waals surface area (Å²) in [5, 5.41) is 0.691. The van der Waals surface area contributed by atoms with Crippen LogP contribution in [0.3, 0.4) is 0 Å². The largest absolute Gasteiger partial charge is 0.489 e. The van der Waals surface area contributed by atoms with E-state index in [0.717, 1.165) is 22.3 Å². The van der Waals surface area contributed by atoms with Crippen LogP contribution in [0.25, 0.3) is 6.08 Å². The van der Waals surface area contributed by atoms with Gasteiger partial charge in [-0.3, -0.25) is 0 Å². The summed E-state index contributed by atoms with van der Waals surface area (Å²) in [6, 6.07) is 22.6. The van der Waals surface area contributed by atoms with E-state index in [1.807, 2.05) is 79.7 Å². The van der Waals surface area contributed by atoms with Crippen molar-refractivity contribution in [2.75, 3.05) is 0 Å². The van der Waals surface area contributed by atoms with Gasteiger partial charge >= 0.3 is 5.97 Å². The third-order valence-electron chi connectivity index (χ3n) is 4.48. The number of carbonyl (C=O) groups excluding carboxylic acids is 1. The molecule has 0 bridgehead atoms. The molecule has 1 aliphatic rings. The second-order valence-corrected chi connectivity index (χ2v) is 7.08. The van der Waals surface area contributed by atoms with Gasteiger partial charge in [-0.05, 0) is 60.0 Å². The lowest BCUT2D eigenvalue weighted by Crippen LogP contribution is -2.06. The highest BCUT2D eigenvalue weighted by atomic mass is 35.5. The van der Waals surface area contributed by atoms with Crippen LogP contribution in [0.5, 0.6) is 5.75 Å². The van der Waals surface area contributed by atoms with Gasteiger partial charge in [0.15, 0.2) is 5.70 Å². The molecule has 0 amide bonds. The molecule has 3 aromatic rings. The summed E-state index contributed by atoms with van der Waals surface area (Å²) < 4.78 is 11.2. The first-order valence-corrected chi connectivity index (χ1v) is 9.52. The number of rotatable bonds is 5. The van der Waals surface area contributed by atoms with Gasteiger partial charge in [0.05, 0.1) is 0 Å². The molecular weight excluding hydrogens is 386 g/mol. The summed E-state index contributed by atoms with van der Waals surface area (Å²) in [6.45, 7) is 2.38. The molecule has 0 saturated carbocycles. The first-order valence-electron chi connectivity index (χ1n) is 9.14. The fourth-order valence-corrected chi connectivity index (χ4v) is 3.06. The number of carbonyl (C=O) groups is 1. The maximum atomic E-state index is 12.2. The van der Waals surface area contributed by atoms with Crippen molar-refractivity contribution < 1.29 is 14.3 Å². The molecule has 1 aliphatic heterocycles. The van der Waals surface area contributed by atoms with Gasteiger partial charge in [-0.15, -0.1) is 0 Å². The van der Waals surface area contributed by atoms with Crippen molar-refractivity contribution in [1.29, 1.82) is 0 Å². The Hall–Kier alpha value is -3.37. The van der Waals surface area contributed by atoms with E-state index in [0.29, 0.717) is 23.3 Å². The molecule has 0 fully saturated rings. The number of hydrogen-bond donors (Lipinski definition) is 0. The molecule has 3 aromatic carbocycles. The zero-order chi connectivity index (χ0) is 20.2. The Morgan fingerprint density at radius 1 is 1.03 bits per heavy atom. The highest BCUT2D eigenvalue weighted by Gasteiger charge is 2.24. The maximum absolute atomic E-state index is 12.2. The molecule has 0 atom stereocenters. The highest BCUT2D eigenvalue weighted by Crippen LogP contribution is 2.23. The topological polar surface area (TPSA) is 47.9 Å². The van der Waals surface area contributed by atoms with Crippen molar-refractivity contribution in [2.45, 2.75) is 13.5 Å². The smallest absolute Gasteiger partial charge is 0.363 e. The van der Waals surface area contributed by atoms with E-state index in [1.165, 1.54) is 0 Å². The second-order valence-electron chi connectivity index (χ2n) is 6.64. The maximum Gasteiger partial charge on any atom is 0.363 e. The van der Waals surface area contributed by atoms with Crippen LogP contribution in [0.2, 0.25) is 5.02 Å². The van der Waals surface area contributed by atoms with Gasteiger partial charge in [0.25, 0.3) is 0 Å². The standard InChI is InChI=1S/C24H18ClNO3/c1-16-5-2-3-8-21(16)23-26-22(24(27)29-23)14-18-6-4-7-20(13-18)28-15-17-9-11-19(25)12-10-17/h2-14H,15H2,1H3/b22-14+. The predicted molar refractivity (Wildman–Crippen MR) is 114 cm³/mol. The van der Waals surface area contributed by atoms with Crippen LogP contribution < -0.4 is 4.74 Å². The average molecular weight is 404 g/mol. The summed E-state index contributed by atoms with van der Waals surface area (Å²) in [7, 11) is 0. The predicted octanol–water partition coefficient (Wildman–Crippen LogP) is 5.57. The Bertz CT molecular complexity index is 1120. The van der Waals surface area contributed by atoms with Crippen molar-refractivity contribution in [3.05, 3.63) is 106 Å². The van der Waals surface area contributed by atoms with Gasteiger partial charge in [-0.1, -0.05) is 54.1 Å². The highest BCUT2D eigenvalue weighted by molar-refractivity contribution is 6.30. The van der Waals surface area contributed by atoms with Crippen LogP contribution in [0.4, 0.5) is 0 Å². The summed E-state index contributed by atoms with van der Waals surface area (Å²) in [5.74, 6) is 0.564. The molecule has 0 spiro atoms. The minimum Gasteiger partial charge on any atom is -0.489 e. The van der Waals surface area contributed by atoms with Gasteiger partial charge < -0.3 is 9.47 Å². The van der Waals surface area contributed by atoms with E-state index in [-0.39, 0.29) is 5.70 Å². The van der Waals surface area contributed by atoms with Crippen molar-refractivity contribution in [3.63, 3.8) is 0 Å². The van der Waals surface area contributed by atoms with E-state index < -0.39 is 5.97 Å². The number of halogens is 1. The van der Waals surface area contributed by atoms with E-state index >= 15 is 0 Å². The van der Waals surface area contributed by atoms with E-state index in [1.54, 1.807) is 6.08 Å². The first-order chi connectivity index (χ1) is 14.1. The summed E-state index contributed by atoms with van der Waals surface area (Å²) in [6.07, 6.45) is 1.70. The van der Waals surface area contributed by atoms with Gasteiger partial charge in [-0.25, -0.2) is 9.79 Å². The molecule has 1 heterocycles. The number of hydrogen-bond acceptors (Lipinski definition) is 4. The third kappa shape index (κ3) is 4.55. The van der Waals surface area contributed by atoms with Crippen LogP contribution in [-0.2, 0) is 16.1 Å². The SMILES string of the molecule is Cc1ccccc1C1=N/C(=C/c2cccc(OCc3ccc(Cl)cc3)c2)C(=O)O1. The molecule has 0 radical (unpaired) electrons. The van der Waals surface area contributed by atoms with Crippen LogP contribution in [-0.4, -0.2) is 11.9 Å². The second kappa shape index (κ2) is 8.33. The lowest BCUT2D eigenvalue weighted by molar-refractivity contribution is -0.129. The van der Waals surface area contributed by atoms with Gasteiger partial charge in [0, 0.05) is 10.6 Å². The molecular formula is C24H18ClNO3. The van der Waals surface area contributed by atoms with Crippen molar-refractivity contribution in [2.24, 2.45) is 4.99 Å². The summed E-state index contributed by atoms with van der Waals surface area (Å²) >= 11 is 5.90. The molecule has 29 heavy (non-hydrogen) atoms. The number of ether oxygens (including phenoxy) is 2. The Balaban J connectivity index is 1.52. The molecule has 0 saturated heterocycles. The molecule has 4 rings (SSSR count). The number of cyclic esters (lactones) is 1. The fourth-order valence-electron chi connectivity index (χ4n) is 2.94. The zero-order valence-electron chi connectivity index (χ0n) is 15.8. The van der Waals surface area contributed by atoms with E-state index in [2.05, 4.69) is 4.99 Å². The van der Waals surface area contributed by atoms with Crippen molar-refractivity contribution in [3.8, 4) is 5.75 Å². The third-order valence-corrected chi connectivity index (χ3v) is 4.73. The van der Waals surface area contributed by atoms with Gasteiger partial charge in [0.1, 0.15) is 12.4 Å². The first kappa shape index (κ1) is 19.0. The molecule has 0 N–H and O–H groups in total. The lowest BCUT2D eigenvalue weighted by Gasteiger charge is -2.07.